The molecule has 1 aliphatic heterocycles. The van der Waals surface area contributed by atoms with Crippen molar-refractivity contribution in [3.8, 4) is 6.07 Å². The van der Waals surface area contributed by atoms with Crippen LogP contribution < -0.4 is 5.32 Å². The molecule has 32 heavy (non-hydrogen) atoms. The number of alkyl halides is 5. The Hall–Kier alpha value is -2.72. The summed E-state index contributed by atoms with van der Waals surface area (Å²) in [7, 11) is 0. The predicted molar refractivity (Wildman–Crippen MR) is 106 cm³/mol. The number of nitrogens with one attached hydrogen (secondary N) is 1. The topological polar surface area (TPSA) is 86.1 Å². The third kappa shape index (κ3) is 5.95. The van der Waals surface area contributed by atoms with Crippen molar-refractivity contribution >= 4 is 34.9 Å². The van der Waals surface area contributed by atoms with Gasteiger partial charge >= 0.3 is 6.18 Å². The highest BCUT2D eigenvalue weighted by Gasteiger charge is 2.47. The number of rotatable bonds is 6. The molecule has 2 heterocycles. The van der Waals surface area contributed by atoms with Gasteiger partial charge in [-0.2, -0.15) is 18.4 Å². The summed E-state index contributed by atoms with van der Waals surface area (Å²) in [6.07, 6.45) is -5.15. The summed E-state index contributed by atoms with van der Waals surface area (Å²) < 4.78 is 64.7. The fraction of sp³-hybridized carbons (Fsp3) is 0.368. The molecule has 2 amide bonds. The second-order valence-electron chi connectivity index (χ2n) is 6.85. The Bertz CT molecular complexity index is 1030. The SMILES string of the molecule is N#C[C@@H]1CC(F)(F)CN1C(=O)CNC(=O)c1csc(CSc2ccc(C(F)(F)F)cc2)n1. The van der Waals surface area contributed by atoms with Gasteiger partial charge in [0, 0.05) is 16.7 Å². The number of benzene rings is 1. The number of thioether (sulfide) groups is 1. The number of nitriles is 1. The number of hydrogen-bond donors (Lipinski definition) is 1. The quantitative estimate of drug-likeness (QED) is 0.490. The van der Waals surface area contributed by atoms with Crippen LogP contribution in [0.5, 0.6) is 0 Å². The van der Waals surface area contributed by atoms with Gasteiger partial charge in [0.15, 0.2) is 0 Å². The Labute approximate surface area is 187 Å². The number of thiazole rings is 1. The number of carbonyl (C=O) groups is 2. The van der Waals surface area contributed by atoms with Crippen molar-refractivity contribution in [3.05, 3.63) is 45.9 Å². The Kier molecular flexibility index (Phi) is 7.04. The van der Waals surface area contributed by atoms with Gasteiger partial charge in [0.1, 0.15) is 16.7 Å². The van der Waals surface area contributed by atoms with Gasteiger partial charge < -0.3 is 10.2 Å². The molecule has 1 fully saturated rings. The van der Waals surface area contributed by atoms with E-state index < -0.39 is 55.0 Å². The van der Waals surface area contributed by atoms with Crippen molar-refractivity contribution < 1.29 is 31.5 Å². The van der Waals surface area contributed by atoms with Gasteiger partial charge in [-0.1, -0.05) is 0 Å². The Morgan fingerprint density at radius 1 is 1.31 bits per heavy atom. The third-order valence-electron chi connectivity index (χ3n) is 4.47. The molecule has 1 atom stereocenters. The van der Waals surface area contributed by atoms with Crippen LogP contribution in [0.25, 0.3) is 0 Å². The molecule has 0 radical (unpaired) electrons. The molecular formula is C19H15F5N4O2S2. The first-order valence-electron chi connectivity index (χ1n) is 9.08. The van der Waals surface area contributed by atoms with Crippen molar-refractivity contribution in [2.24, 2.45) is 0 Å². The van der Waals surface area contributed by atoms with E-state index in [1.165, 1.54) is 29.3 Å². The van der Waals surface area contributed by atoms with Gasteiger partial charge in [-0.15, -0.1) is 23.1 Å². The number of carbonyl (C=O) groups excluding carboxylic acids is 2. The van der Waals surface area contributed by atoms with Gasteiger partial charge in [0.2, 0.25) is 5.91 Å². The van der Waals surface area contributed by atoms with E-state index in [0.717, 1.165) is 28.4 Å². The molecule has 1 aromatic carbocycles. The standard InChI is InChI=1S/C19H15F5N4O2S2/c20-18(21)5-12(6-25)28(10-18)16(29)7-26-17(30)14-8-32-15(27-14)9-31-13-3-1-11(2-4-13)19(22,23)24/h1-4,8,12H,5,7,9-10H2,(H,26,30)/t12-/m0/s1. The highest BCUT2D eigenvalue weighted by molar-refractivity contribution is 7.98. The van der Waals surface area contributed by atoms with Crippen LogP contribution in [-0.2, 0) is 16.7 Å². The highest BCUT2D eigenvalue weighted by atomic mass is 32.2. The average molecular weight is 490 g/mol. The Morgan fingerprint density at radius 3 is 2.62 bits per heavy atom. The number of likely N-dealkylation sites (tertiary alicyclic amines) is 1. The second kappa shape index (κ2) is 9.41. The summed E-state index contributed by atoms with van der Waals surface area (Å²) in [5.41, 5.74) is -0.724. The number of nitrogens with zero attached hydrogens (tertiary/aromatic N) is 3. The zero-order valence-corrected chi connectivity index (χ0v) is 17.8. The molecule has 0 unspecified atom stereocenters. The molecule has 0 saturated carbocycles. The van der Waals surface area contributed by atoms with Crippen molar-refractivity contribution in [1.82, 2.24) is 15.2 Å². The zero-order chi connectivity index (χ0) is 23.5. The van der Waals surface area contributed by atoms with Crippen LogP contribution in [0.4, 0.5) is 22.0 Å². The number of halogens is 5. The summed E-state index contributed by atoms with van der Waals surface area (Å²) in [5, 5.41) is 13.2. The molecule has 170 valence electrons. The average Bonchev–Trinajstić information content (AvgIpc) is 3.33. The van der Waals surface area contributed by atoms with Gasteiger partial charge in [-0.05, 0) is 24.3 Å². The smallest absolute Gasteiger partial charge is 0.342 e. The van der Waals surface area contributed by atoms with Crippen LogP contribution >= 0.6 is 23.1 Å². The molecule has 1 aliphatic rings. The Morgan fingerprint density at radius 2 is 2.00 bits per heavy atom. The maximum atomic E-state index is 13.4. The minimum Gasteiger partial charge on any atom is -0.342 e. The largest absolute Gasteiger partial charge is 0.416 e. The van der Waals surface area contributed by atoms with Crippen molar-refractivity contribution in [2.45, 2.75) is 35.2 Å². The van der Waals surface area contributed by atoms with Crippen LogP contribution in [-0.4, -0.2) is 46.8 Å². The first kappa shape index (κ1) is 23.9. The lowest BCUT2D eigenvalue weighted by Crippen LogP contribution is -2.43. The molecule has 0 aliphatic carbocycles. The van der Waals surface area contributed by atoms with E-state index in [1.807, 2.05) is 0 Å². The van der Waals surface area contributed by atoms with Crippen LogP contribution in [0.3, 0.4) is 0 Å². The van der Waals surface area contributed by atoms with Gasteiger partial charge in [-0.25, -0.2) is 13.8 Å². The predicted octanol–water partition coefficient (Wildman–Crippen LogP) is 3.94. The molecule has 1 N–H and O–H groups in total. The zero-order valence-electron chi connectivity index (χ0n) is 16.2. The number of aromatic nitrogens is 1. The van der Waals surface area contributed by atoms with E-state index in [-0.39, 0.29) is 5.69 Å². The minimum absolute atomic E-state index is 0.0226. The van der Waals surface area contributed by atoms with Crippen molar-refractivity contribution in [2.75, 3.05) is 13.1 Å². The van der Waals surface area contributed by atoms with Crippen molar-refractivity contribution in [3.63, 3.8) is 0 Å². The lowest BCUT2D eigenvalue weighted by molar-refractivity contribution is -0.137. The summed E-state index contributed by atoms with van der Waals surface area (Å²) >= 11 is 2.40. The highest BCUT2D eigenvalue weighted by Crippen LogP contribution is 2.32. The van der Waals surface area contributed by atoms with Gasteiger partial charge in [-0.3, -0.25) is 9.59 Å². The number of hydrogen-bond acceptors (Lipinski definition) is 6. The van der Waals surface area contributed by atoms with Crippen molar-refractivity contribution in [1.29, 1.82) is 5.26 Å². The Balaban J connectivity index is 1.50. The maximum Gasteiger partial charge on any atom is 0.416 e. The van der Waals surface area contributed by atoms with Gasteiger partial charge in [0.25, 0.3) is 11.8 Å². The lowest BCUT2D eigenvalue weighted by atomic mass is 10.2. The summed E-state index contributed by atoms with van der Waals surface area (Å²) in [5.74, 6) is -4.31. The van der Waals surface area contributed by atoms with Crippen LogP contribution in [0.15, 0.2) is 34.5 Å². The third-order valence-corrected chi connectivity index (χ3v) is 6.52. The maximum absolute atomic E-state index is 13.4. The van der Waals surface area contributed by atoms with Crippen LogP contribution in [0.2, 0.25) is 0 Å². The molecule has 2 aromatic rings. The molecule has 1 aromatic heterocycles. The first-order chi connectivity index (χ1) is 15.0. The van der Waals surface area contributed by atoms with E-state index in [0.29, 0.717) is 15.7 Å². The molecular weight excluding hydrogens is 475 g/mol. The summed E-state index contributed by atoms with van der Waals surface area (Å²) in [4.78, 5) is 29.8. The fourth-order valence-corrected chi connectivity index (χ4v) is 4.60. The summed E-state index contributed by atoms with van der Waals surface area (Å²) in [6.45, 7) is -1.43. The molecule has 6 nitrogen and oxygen atoms in total. The second-order valence-corrected chi connectivity index (χ2v) is 8.84. The number of amides is 2. The molecule has 0 spiro atoms. The monoisotopic (exact) mass is 490 g/mol. The van der Waals surface area contributed by atoms with E-state index in [4.69, 9.17) is 5.26 Å². The van der Waals surface area contributed by atoms with E-state index >= 15 is 0 Å². The molecule has 1 saturated heterocycles. The summed E-state index contributed by atoms with van der Waals surface area (Å²) in [6, 6.07) is 5.05. The lowest BCUT2D eigenvalue weighted by Gasteiger charge is -2.19. The molecule has 0 bridgehead atoms. The van der Waals surface area contributed by atoms with Gasteiger partial charge in [0.05, 0.1) is 30.5 Å². The minimum atomic E-state index is -4.41. The van der Waals surface area contributed by atoms with E-state index in [2.05, 4.69) is 10.3 Å². The van der Waals surface area contributed by atoms with E-state index in [9.17, 15) is 31.5 Å². The fourth-order valence-electron chi connectivity index (χ4n) is 2.91. The van der Waals surface area contributed by atoms with Crippen LogP contribution in [0.1, 0.15) is 27.5 Å². The molecule has 13 heteroatoms. The molecule has 3 rings (SSSR count). The van der Waals surface area contributed by atoms with Crippen LogP contribution in [0, 0.1) is 11.3 Å². The van der Waals surface area contributed by atoms with E-state index in [1.54, 1.807) is 6.07 Å². The normalized spacial score (nSPS) is 17.8. The first-order valence-corrected chi connectivity index (χ1v) is 10.9.